The fourth-order valence-corrected chi connectivity index (χ4v) is 2.76. The fraction of sp³-hybridized carbons (Fsp3) is 1.00. The smallest absolute Gasteiger partial charge is 0.0621 e. The highest BCUT2D eigenvalue weighted by Crippen LogP contribution is 2.40. The van der Waals surface area contributed by atoms with E-state index in [1.165, 1.54) is 19.3 Å². The van der Waals surface area contributed by atoms with Crippen LogP contribution in [-0.2, 0) is 4.74 Å². The maximum atomic E-state index is 6.04. The first-order valence-corrected chi connectivity index (χ1v) is 6.70. The van der Waals surface area contributed by atoms with Crippen molar-refractivity contribution < 1.29 is 4.74 Å². The lowest BCUT2D eigenvalue weighted by molar-refractivity contribution is -0.0678. The van der Waals surface area contributed by atoms with Gasteiger partial charge in [0.2, 0.25) is 0 Å². The summed E-state index contributed by atoms with van der Waals surface area (Å²) in [7, 11) is 0. The quantitative estimate of drug-likeness (QED) is 0.803. The van der Waals surface area contributed by atoms with Gasteiger partial charge in [-0.3, -0.25) is 0 Å². The molecule has 2 nitrogen and oxygen atoms in total. The number of ether oxygens (including phenoxy) is 1. The Morgan fingerprint density at radius 3 is 2.31 bits per heavy atom. The second kappa shape index (κ2) is 5.50. The maximum absolute atomic E-state index is 6.04. The molecule has 0 spiro atoms. The zero-order valence-electron chi connectivity index (χ0n) is 11.6. The van der Waals surface area contributed by atoms with Gasteiger partial charge in [-0.2, -0.15) is 0 Å². The van der Waals surface area contributed by atoms with E-state index in [1.807, 2.05) is 0 Å². The molecule has 0 radical (unpaired) electrons. The Balaban J connectivity index is 2.61. The Labute approximate surface area is 101 Å². The molecule has 2 heteroatoms. The second-order valence-electron chi connectivity index (χ2n) is 6.60. The molecule has 1 aliphatic rings. The van der Waals surface area contributed by atoms with Crippen molar-refractivity contribution in [2.75, 3.05) is 6.54 Å². The van der Waals surface area contributed by atoms with Crippen molar-refractivity contribution in [2.45, 2.75) is 66.1 Å². The van der Waals surface area contributed by atoms with Crippen LogP contribution in [0.25, 0.3) is 0 Å². The number of hydrogen-bond acceptors (Lipinski definition) is 2. The van der Waals surface area contributed by atoms with Crippen LogP contribution < -0.4 is 5.73 Å². The van der Waals surface area contributed by atoms with E-state index in [2.05, 4.69) is 34.6 Å². The Bertz CT molecular complexity index is 207. The predicted molar refractivity (Wildman–Crippen MR) is 69.3 cm³/mol. The average molecular weight is 227 g/mol. The molecule has 1 rings (SSSR count). The molecule has 0 aromatic rings. The van der Waals surface area contributed by atoms with Gasteiger partial charge in [0.25, 0.3) is 0 Å². The normalized spacial score (nSPS) is 32.1. The Morgan fingerprint density at radius 2 is 1.88 bits per heavy atom. The van der Waals surface area contributed by atoms with Gasteiger partial charge in [0.05, 0.1) is 12.2 Å². The van der Waals surface area contributed by atoms with Crippen molar-refractivity contribution in [1.29, 1.82) is 0 Å². The number of hydrogen-bond donors (Lipinski definition) is 1. The van der Waals surface area contributed by atoms with Crippen LogP contribution in [0.15, 0.2) is 0 Å². The number of rotatable bonds is 3. The lowest BCUT2D eigenvalue weighted by atomic mass is 9.68. The van der Waals surface area contributed by atoms with E-state index in [1.54, 1.807) is 0 Å². The summed E-state index contributed by atoms with van der Waals surface area (Å²) in [5.74, 6) is 1.35. The molecule has 0 bridgehead atoms. The molecule has 0 aromatic heterocycles. The SMILES string of the molecule is CC(C)OC1CC(C(C)(C)C)CCC1CN. The summed E-state index contributed by atoms with van der Waals surface area (Å²) in [6, 6.07) is 0. The highest BCUT2D eigenvalue weighted by molar-refractivity contribution is 4.87. The first-order chi connectivity index (χ1) is 7.34. The number of nitrogens with two attached hydrogens (primary N) is 1. The fourth-order valence-electron chi connectivity index (χ4n) is 2.76. The van der Waals surface area contributed by atoms with E-state index in [0.29, 0.717) is 23.5 Å². The molecule has 16 heavy (non-hydrogen) atoms. The monoisotopic (exact) mass is 227 g/mol. The summed E-state index contributed by atoms with van der Waals surface area (Å²) < 4.78 is 6.04. The van der Waals surface area contributed by atoms with E-state index < -0.39 is 0 Å². The van der Waals surface area contributed by atoms with Crippen molar-refractivity contribution in [1.82, 2.24) is 0 Å². The predicted octanol–water partition coefficient (Wildman–Crippen LogP) is 3.20. The van der Waals surface area contributed by atoms with Gasteiger partial charge < -0.3 is 10.5 Å². The van der Waals surface area contributed by atoms with Crippen LogP contribution in [0.5, 0.6) is 0 Å². The van der Waals surface area contributed by atoms with Crippen molar-refractivity contribution in [2.24, 2.45) is 23.0 Å². The third-order valence-corrected chi connectivity index (χ3v) is 3.90. The van der Waals surface area contributed by atoms with Crippen molar-refractivity contribution in [3.8, 4) is 0 Å². The molecule has 1 aliphatic carbocycles. The lowest BCUT2D eigenvalue weighted by Gasteiger charge is -2.42. The molecular formula is C14H29NO. The van der Waals surface area contributed by atoms with Gasteiger partial charge in [0.1, 0.15) is 0 Å². The summed E-state index contributed by atoms with van der Waals surface area (Å²) >= 11 is 0. The molecule has 1 saturated carbocycles. The summed E-state index contributed by atoms with van der Waals surface area (Å²) in [6.45, 7) is 12.0. The highest BCUT2D eigenvalue weighted by Gasteiger charge is 2.36. The van der Waals surface area contributed by atoms with Gasteiger partial charge in [0.15, 0.2) is 0 Å². The molecule has 96 valence electrons. The second-order valence-corrected chi connectivity index (χ2v) is 6.60. The van der Waals surface area contributed by atoms with E-state index in [0.717, 1.165) is 12.5 Å². The molecule has 3 atom stereocenters. The van der Waals surface area contributed by atoms with Crippen molar-refractivity contribution >= 4 is 0 Å². The van der Waals surface area contributed by atoms with E-state index in [9.17, 15) is 0 Å². The third kappa shape index (κ3) is 3.74. The minimum absolute atomic E-state index is 0.317. The highest BCUT2D eigenvalue weighted by atomic mass is 16.5. The van der Waals surface area contributed by atoms with Crippen LogP contribution in [0.3, 0.4) is 0 Å². The van der Waals surface area contributed by atoms with Gasteiger partial charge in [-0.25, -0.2) is 0 Å². The Morgan fingerprint density at radius 1 is 1.25 bits per heavy atom. The van der Waals surface area contributed by atoms with Gasteiger partial charge in [-0.05, 0) is 56.9 Å². The minimum Gasteiger partial charge on any atom is -0.375 e. The summed E-state index contributed by atoms with van der Waals surface area (Å²) in [5.41, 5.74) is 6.24. The van der Waals surface area contributed by atoms with Gasteiger partial charge in [0, 0.05) is 0 Å². The third-order valence-electron chi connectivity index (χ3n) is 3.90. The van der Waals surface area contributed by atoms with Gasteiger partial charge in [-0.15, -0.1) is 0 Å². The molecule has 2 N–H and O–H groups in total. The summed E-state index contributed by atoms with van der Waals surface area (Å²) in [5, 5.41) is 0. The summed E-state index contributed by atoms with van der Waals surface area (Å²) in [6.07, 6.45) is 4.42. The average Bonchev–Trinajstić information content (AvgIpc) is 2.15. The van der Waals surface area contributed by atoms with Crippen LogP contribution >= 0.6 is 0 Å². The maximum Gasteiger partial charge on any atom is 0.0621 e. The zero-order valence-corrected chi connectivity index (χ0v) is 11.6. The van der Waals surface area contributed by atoms with Crippen molar-refractivity contribution in [3.05, 3.63) is 0 Å². The van der Waals surface area contributed by atoms with Crippen LogP contribution in [0.4, 0.5) is 0 Å². The molecular weight excluding hydrogens is 198 g/mol. The van der Waals surface area contributed by atoms with E-state index in [4.69, 9.17) is 10.5 Å². The molecule has 0 saturated heterocycles. The van der Waals surface area contributed by atoms with E-state index >= 15 is 0 Å². The first kappa shape index (κ1) is 14.0. The van der Waals surface area contributed by atoms with E-state index in [-0.39, 0.29) is 0 Å². The Kier molecular flexibility index (Phi) is 4.81. The van der Waals surface area contributed by atoms with Crippen LogP contribution in [0, 0.1) is 17.3 Å². The standard InChI is InChI=1S/C14H29NO/c1-10(2)16-13-8-12(14(3,4)5)7-6-11(13)9-15/h10-13H,6-9,15H2,1-5H3. The Hall–Kier alpha value is -0.0800. The molecule has 0 heterocycles. The molecule has 3 unspecified atom stereocenters. The molecule has 0 aromatic carbocycles. The molecule has 0 amide bonds. The summed E-state index contributed by atoms with van der Waals surface area (Å²) in [4.78, 5) is 0. The molecule has 1 fully saturated rings. The van der Waals surface area contributed by atoms with Crippen LogP contribution in [-0.4, -0.2) is 18.8 Å². The van der Waals surface area contributed by atoms with Crippen LogP contribution in [0.1, 0.15) is 53.9 Å². The van der Waals surface area contributed by atoms with Crippen molar-refractivity contribution in [3.63, 3.8) is 0 Å². The minimum atomic E-state index is 0.317. The zero-order chi connectivity index (χ0) is 12.3. The largest absolute Gasteiger partial charge is 0.375 e. The topological polar surface area (TPSA) is 35.2 Å². The van der Waals surface area contributed by atoms with Gasteiger partial charge in [-0.1, -0.05) is 20.8 Å². The van der Waals surface area contributed by atoms with Gasteiger partial charge >= 0.3 is 0 Å². The lowest BCUT2D eigenvalue weighted by Crippen LogP contribution is -2.40. The first-order valence-electron chi connectivity index (χ1n) is 6.70. The van der Waals surface area contributed by atoms with Crippen LogP contribution in [0.2, 0.25) is 0 Å². The molecule has 0 aliphatic heterocycles.